The van der Waals surface area contributed by atoms with Gasteiger partial charge in [0.25, 0.3) is 0 Å². The van der Waals surface area contributed by atoms with Gasteiger partial charge in [0.05, 0.1) is 5.52 Å². The quantitative estimate of drug-likeness (QED) is 0.731. The maximum Gasteiger partial charge on any atom is 0.0746 e. The van der Waals surface area contributed by atoms with E-state index < -0.39 is 0 Å². The van der Waals surface area contributed by atoms with Crippen molar-refractivity contribution in [1.29, 1.82) is 0 Å². The molecule has 4 rings (SSSR count). The van der Waals surface area contributed by atoms with Gasteiger partial charge >= 0.3 is 0 Å². The molecule has 1 N–H and O–H groups in total. The van der Waals surface area contributed by atoms with Crippen molar-refractivity contribution < 1.29 is 5.11 Å². The van der Waals surface area contributed by atoms with Gasteiger partial charge in [-0.05, 0) is 23.6 Å². The smallest absolute Gasteiger partial charge is 0.0746 e. The first-order valence-corrected chi connectivity index (χ1v) is 9.77. The first-order chi connectivity index (χ1) is 13.3. The second-order valence-corrected chi connectivity index (χ2v) is 7.35. The molecule has 1 saturated heterocycles. The minimum absolute atomic E-state index is 0.236. The molecule has 4 heteroatoms. The second kappa shape index (κ2) is 8.61. The van der Waals surface area contributed by atoms with Crippen molar-refractivity contribution in [3.63, 3.8) is 0 Å². The molecular weight excluding hydrogens is 334 g/mol. The Balaban J connectivity index is 1.46. The van der Waals surface area contributed by atoms with Gasteiger partial charge in [-0.1, -0.05) is 54.6 Å². The molecule has 27 heavy (non-hydrogen) atoms. The maximum atomic E-state index is 9.56. The van der Waals surface area contributed by atoms with E-state index in [1.54, 1.807) is 0 Å². The summed E-state index contributed by atoms with van der Waals surface area (Å²) in [6.45, 7) is 5.15. The van der Waals surface area contributed by atoms with Crippen molar-refractivity contribution in [1.82, 2.24) is 14.8 Å². The fourth-order valence-electron chi connectivity index (χ4n) is 4.09. The number of fused-ring (bicyclic) bond motifs is 1. The zero-order valence-electron chi connectivity index (χ0n) is 15.7. The van der Waals surface area contributed by atoms with Crippen LogP contribution in [0.3, 0.4) is 0 Å². The molecule has 1 unspecified atom stereocenters. The van der Waals surface area contributed by atoms with E-state index in [1.165, 1.54) is 16.5 Å². The SMILES string of the molecule is OCCC1CN(Cc2cccc3cccnc23)CCN1Cc1ccccc1. The monoisotopic (exact) mass is 361 g/mol. The van der Waals surface area contributed by atoms with E-state index in [-0.39, 0.29) is 6.61 Å². The Kier molecular flexibility index (Phi) is 5.78. The van der Waals surface area contributed by atoms with Gasteiger partial charge in [-0.2, -0.15) is 0 Å². The van der Waals surface area contributed by atoms with Crippen LogP contribution in [0.4, 0.5) is 0 Å². The van der Waals surface area contributed by atoms with E-state index in [9.17, 15) is 5.11 Å². The van der Waals surface area contributed by atoms with E-state index in [1.807, 2.05) is 12.3 Å². The Hall–Kier alpha value is -2.27. The first kappa shape index (κ1) is 18.1. The fourth-order valence-corrected chi connectivity index (χ4v) is 4.09. The Bertz CT molecular complexity index is 862. The number of aliphatic hydroxyl groups excluding tert-OH is 1. The van der Waals surface area contributed by atoms with Crippen LogP contribution in [-0.4, -0.2) is 52.2 Å². The molecule has 1 fully saturated rings. The highest BCUT2D eigenvalue weighted by atomic mass is 16.3. The predicted octanol–water partition coefficient (Wildman–Crippen LogP) is 3.30. The highest BCUT2D eigenvalue weighted by molar-refractivity contribution is 5.81. The molecule has 2 aromatic carbocycles. The third-order valence-electron chi connectivity index (χ3n) is 5.49. The lowest BCUT2D eigenvalue weighted by Crippen LogP contribution is -2.52. The highest BCUT2D eigenvalue weighted by Crippen LogP contribution is 2.21. The van der Waals surface area contributed by atoms with Crippen molar-refractivity contribution in [2.24, 2.45) is 0 Å². The van der Waals surface area contributed by atoms with Crippen LogP contribution in [0.15, 0.2) is 66.9 Å². The van der Waals surface area contributed by atoms with Crippen LogP contribution in [0.25, 0.3) is 10.9 Å². The molecule has 4 nitrogen and oxygen atoms in total. The summed E-state index contributed by atoms with van der Waals surface area (Å²) in [5, 5.41) is 10.8. The molecule has 3 aromatic rings. The van der Waals surface area contributed by atoms with Gasteiger partial charge in [-0.15, -0.1) is 0 Å². The van der Waals surface area contributed by atoms with Crippen LogP contribution >= 0.6 is 0 Å². The summed E-state index contributed by atoms with van der Waals surface area (Å²) in [6, 6.07) is 21.6. The van der Waals surface area contributed by atoms with Crippen LogP contribution in [0.2, 0.25) is 0 Å². The Labute approximate surface area is 161 Å². The number of aliphatic hydroxyl groups is 1. The molecule has 2 heterocycles. The molecule has 1 atom stereocenters. The molecule has 0 radical (unpaired) electrons. The Morgan fingerprint density at radius 2 is 1.78 bits per heavy atom. The molecule has 0 spiro atoms. The van der Waals surface area contributed by atoms with Crippen molar-refractivity contribution in [2.75, 3.05) is 26.2 Å². The van der Waals surface area contributed by atoms with Gasteiger partial charge < -0.3 is 5.11 Å². The average molecular weight is 361 g/mol. The fraction of sp³-hybridized carbons (Fsp3) is 0.348. The van der Waals surface area contributed by atoms with Gasteiger partial charge in [0.1, 0.15) is 0 Å². The molecular formula is C23H27N3O. The lowest BCUT2D eigenvalue weighted by Gasteiger charge is -2.41. The van der Waals surface area contributed by atoms with Crippen molar-refractivity contribution in [3.05, 3.63) is 78.0 Å². The highest BCUT2D eigenvalue weighted by Gasteiger charge is 2.26. The van der Waals surface area contributed by atoms with Crippen LogP contribution in [0.1, 0.15) is 17.5 Å². The van der Waals surface area contributed by atoms with Crippen molar-refractivity contribution >= 4 is 10.9 Å². The lowest BCUT2D eigenvalue weighted by molar-refractivity contribution is 0.0501. The number of para-hydroxylation sites is 1. The number of pyridine rings is 1. The molecule has 1 aliphatic heterocycles. The summed E-state index contributed by atoms with van der Waals surface area (Å²) < 4.78 is 0. The minimum atomic E-state index is 0.236. The summed E-state index contributed by atoms with van der Waals surface area (Å²) in [6.07, 6.45) is 2.69. The number of aromatic nitrogens is 1. The van der Waals surface area contributed by atoms with Crippen molar-refractivity contribution in [2.45, 2.75) is 25.6 Å². The lowest BCUT2D eigenvalue weighted by atomic mass is 10.0. The number of hydrogen-bond donors (Lipinski definition) is 1. The van der Waals surface area contributed by atoms with E-state index in [0.29, 0.717) is 6.04 Å². The van der Waals surface area contributed by atoms with Crippen LogP contribution in [0, 0.1) is 0 Å². The summed E-state index contributed by atoms with van der Waals surface area (Å²) in [7, 11) is 0. The van der Waals surface area contributed by atoms with Crippen LogP contribution in [0.5, 0.6) is 0 Å². The Morgan fingerprint density at radius 1 is 0.926 bits per heavy atom. The summed E-state index contributed by atoms with van der Waals surface area (Å²) in [5.41, 5.74) is 3.73. The van der Waals surface area contributed by atoms with Gasteiger partial charge in [-0.25, -0.2) is 0 Å². The van der Waals surface area contributed by atoms with Gasteiger partial charge in [0.15, 0.2) is 0 Å². The molecule has 1 aliphatic rings. The summed E-state index contributed by atoms with van der Waals surface area (Å²) >= 11 is 0. The molecule has 0 bridgehead atoms. The zero-order chi connectivity index (χ0) is 18.5. The number of nitrogens with zero attached hydrogens (tertiary/aromatic N) is 3. The van der Waals surface area contributed by atoms with Crippen LogP contribution < -0.4 is 0 Å². The molecule has 1 aromatic heterocycles. The summed E-state index contributed by atoms with van der Waals surface area (Å²) in [4.78, 5) is 9.62. The third-order valence-corrected chi connectivity index (χ3v) is 5.49. The third kappa shape index (κ3) is 4.35. The topological polar surface area (TPSA) is 39.6 Å². The van der Waals surface area contributed by atoms with E-state index in [0.717, 1.165) is 44.7 Å². The largest absolute Gasteiger partial charge is 0.396 e. The normalized spacial score (nSPS) is 18.8. The van der Waals surface area contributed by atoms with Crippen molar-refractivity contribution in [3.8, 4) is 0 Å². The van der Waals surface area contributed by atoms with Gasteiger partial charge in [-0.3, -0.25) is 14.8 Å². The van der Waals surface area contributed by atoms with Gasteiger partial charge in [0.2, 0.25) is 0 Å². The summed E-state index contributed by atoms with van der Waals surface area (Å²) in [5.74, 6) is 0. The maximum absolute atomic E-state index is 9.56. The average Bonchev–Trinajstić information content (AvgIpc) is 2.71. The molecule has 0 aliphatic carbocycles. The number of hydrogen-bond acceptors (Lipinski definition) is 4. The standard InChI is InChI=1S/C23H27N3O/c27-15-11-22-18-25(13-14-26(22)16-19-6-2-1-3-7-19)17-21-9-4-8-20-10-5-12-24-23(20)21/h1-10,12,22,27H,11,13-18H2. The predicted molar refractivity (Wildman–Crippen MR) is 109 cm³/mol. The number of benzene rings is 2. The first-order valence-electron chi connectivity index (χ1n) is 9.77. The minimum Gasteiger partial charge on any atom is -0.396 e. The molecule has 0 amide bonds. The van der Waals surface area contributed by atoms with E-state index in [2.05, 4.69) is 69.4 Å². The Morgan fingerprint density at radius 3 is 2.63 bits per heavy atom. The number of rotatable bonds is 6. The number of piperazine rings is 1. The molecule has 140 valence electrons. The zero-order valence-corrected chi connectivity index (χ0v) is 15.7. The van der Waals surface area contributed by atoms with E-state index in [4.69, 9.17) is 0 Å². The molecule has 0 saturated carbocycles. The van der Waals surface area contributed by atoms with Gasteiger partial charge in [0, 0.05) is 57.0 Å². The van der Waals surface area contributed by atoms with Crippen LogP contribution in [-0.2, 0) is 13.1 Å². The second-order valence-electron chi connectivity index (χ2n) is 7.35. The van der Waals surface area contributed by atoms with E-state index >= 15 is 0 Å².